The number of nitrogens with zero attached hydrogens (tertiary/aromatic N) is 2. The van der Waals surface area contributed by atoms with Gasteiger partial charge in [-0.2, -0.15) is 0 Å². The number of benzene rings is 1. The second kappa shape index (κ2) is 10.5. The lowest BCUT2D eigenvalue weighted by atomic mass is 10.0. The molecule has 1 aromatic carbocycles. The molecule has 0 radical (unpaired) electrons. The fourth-order valence-electron chi connectivity index (χ4n) is 4.61. The van der Waals surface area contributed by atoms with E-state index in [0.717, 1.165) is 36.3 Å². The van der Waals surface area contributed by atoms with Crippen molar-refractivity contribution < 1.29 is 9.90 Å². The van der Waals surface area contributed by atoms with Crippen molar-refractivity contribution in [1.82, 2.24) is 9.47 Å². The third-order valence-corrected chi connectivity index (χ3v) is 6.52. The Morgan fingerprint density at radius 3 is 2.58 bits per heavy atom. The fourth-order valence-corrected chi connectivity index (χ4v) is 4.85. The lowest BCUT2D eigenvalue weighted by Crippen LogP contribution is -2.35. The first-order valence-electron chi connectivity index (χ1n) is 11.3. The molecule has 1 aliphatic rings. The van der Waals surface area contributed by atoms with Crippen LogP contribution in [0.4, 0.5) is 0 Å². The molecule has 2 aromatic rings. The van der Waals surface area contributed by atoms with E-state index in [1.807, 2.05) is 22.8 Å². The number of likely N-dealkylation sites (tertiary alicyclic amines) is 1. The maximum atomic E-state index is 13.0. The molecule has 31 heavy (non-hydrogen) atoms. The van der Waals surface area contributed by atoms with Crippen molar-refractivity contribution in [3.8, 4) is 0 Å². The first kappa shape index (κ1) is 23.6. The molecule has 0 amide bonds. The molecule has 0 saturated carbocycles. The molecule has 1 aliphatic heterocycles. The molecule has 1 N–H and O–H groups in total. The number of halogens is 1. The lowest BCUT2D eigenvalue weighted by molar-refractivity contribution is 0.0697. The molecule has 1 saturated heterocycles. The van der Waals surface area contributed by atoms with E-state index in [0.29, 0.717) is 24.9 Å². The third-order valence-electron chi connectivity index (χ3n) is 6.25. The number of aromatic nitrogens is 1. The molecule has 5 nitrogen and oxygen atoms in total. The summed E-state index contributed by atoms with van der Waals surface area (Å²) in [4.78, 5) is 26.6. The normalized spacial score (nSPS) is 16.9. The standard InChI is InChI=1S/C25H33ClN2O3/c1-4-19-15-22(26)24(29)28(13-11-18-7-9-20(10-8-18)25(30)31)23(19)16-27-12-5-6-21(27)14-17(2)3/h7-10,15,17,21H,4-6,11-14,16H2,1-3H3,(H,30,31)/t21-/m1/s1. The number of carboxylic acid groups (broad SMARTS) is 1. The SMILES string of the molecule is CCc1cc(Cl)c(=O)n(CCc2ccc(C(=O)O)cc2)c1CN1CCC[C@@H]1CC(C)C. The molecule has 6 heteroatoms. The Hall–Kier alpha value is -2.11. The zero-order valence-electron chi connectivity index (χ0n) is 18.7. The Labute approximate surface area is 189 Å². The Morgan fingerprint density at radius 2 is 1.97 bits per heavy atom. The molecular weight excluding hydrogens is 412 g/mol. The number of hydrogen-bond acceptors (Lipinski definition) is 3. The minimum absolute atomic E-state index is 0.143. The van der Waals surface area contributed by atoms with E-state index in [2.05, 4.69) is 25.7 Å². The van der Waals surface area contributed by atoms with Crippen LogP contribution in [0.25, 0.3) is 0 Å². The van der Waals surface area contributed by atoms with Gasteiger partial charge < -0.3 is 9.67 Å². The van der Waals surface area contributed by atoms with Gasteiger partial charge in [0.05, 0.1) is 5.56 Å². The van der Waals surface area contributed by atoms with Gasteiger partial charge in [-0.15, -0.1) is 0 Å². The van der Waals surface area contributed by atoms with E-state index in [4.69, 9.17) is 16.7 Å². The van der Waals surface area contributed by atoms with E-state index in [9.17, 15) is 9.59 Å². The van der Waals surface area contributed by atoms with Crippen molar-refractivity contribution in [2.45, 2.75) is 72.0 Å². The number of rotatable bonds is 9. The highest BCUT2D eigenvalue weighted by Gasteiger charge is 2.27. The van der Waals surface area contributed by atoms with Crippen LogP contribution >= 0.6 is 11.6 Å². The molecule has 0 bridgehead atoms. The first-order chi connectivity index (χ1) is 14.8. The molecule has 0 spiro atoms. The van der Waals surface area contributed by atoms with Crippen molar-refractivity contribution in [2.75, 3.05) is 6.54 Å². The lowest BCUT2D eigenvalue weighted by Gasteiger charge is -2.28. The highest BCUT2D eigenvalue weighted by Crippen LogP contribution is 2.26. The van der Waals surface area contributed by atoms with Crippen molar-refractivity contribution in [1.29, 1.82) is 0 Å². The summed E-state index contributed by atoms with van der Waals surface area (Å²) in [6.45, 7) is 8.99. The summed E-state index contributed by atoms with van der Waals surface area (Å²) < 4.78 is 1.84. The molecule has 3 rings (SSSR count). The van der Waals surface area contributed by atoms with Gasteiger partial charge in [-0.3, -0.25) is 9.69 Å². The number of carbonyl (C=O) groups is 1. The predicted octanol–water partition coefficient (Wildman–Crippen LogP) is 5.02. The van der Waals surface area contributed by atoms with Crippen LogP contribution in [0.3, 0.4) is 0 Å². The smallest absolute Gasteiger partial charge is 0.335 e. The average Bonchev–Trinajstić information content (AvgIpc) is 3.16. The predicted molar refractivity (Wildman–Crippen MR) is 125 cm³/mol. The first-order valence-corrected chi connectivity index (χ1v) is 11.6. The number of aromatic carboxylic acids is 1. The molecular formula is C25H33ClN2O3. The average molecular weight is 445 g/mol. The molecule has 0 unspecified atom stereocenters. The van der Waals surface area contributed by atoms with Gasteiger partial charge in [0, 0.05) is 24.8 Å². The zero-order valence-corrected chi connectivity index (χ0v) is 19.5. The van der Waals surface area contributed by atoms with Crippen LogP contribution in [0.15, 0.2) is 35.1 Å². The quantitative estimate of drug-likeness (QED) is 0.590. The van der Waals surface area contributed by atoms with Gasteiger partial charge in [0.1, 0.15) is 5.02 Å². The Morgan fingerprint density at radius 1 is 1.26 bits per heavy atom. The maximum Gasteiger partial charge on any atom is 0.335 e. The highest BCUT2D eigenvalue weighted by atomic mass is 35.5. The van der Waals surface area contributed by atoms with Gasteiger partial charge in [-0.25, -0.2) is 4.79 Å². The van der Waals surface area contributed by atoms with Gasteiger partial charge in [0.15, 0.2) is 0 Å². The summed E-state index contributed by atoms with van der Waals surface area (Å²) in [5.74, 6) is -0.286. The molecule has 1 atom stereocenters. The molecule has 2 heterocycles. The molecule has 1 aromatic heterocycles. The summed E-state index contributed by atoms with van der Waals surface area (Å²) in [5.41, 5.74) is 3.31. The number of aryl methyl sites for hydroxylation is 2. The third kappa shape index (κ3) is 5.78. The number of carboxylic acids is 1. The van der Waals surface area contributed by atoms with Crippen LogP contribution in [0.2, 0.25) is 5.02 Å². The van der Waals surface area contributed by atoms with Crippen LogP contribution in [-0.2, 0) is 25.9 Å². The van der Waals surface area contributed by atoms with Crippen molar-refractivity contribution in [2.24, 2.45) is 5.92 Å². The summed E-state index contributed by atoms with van der Waals surface area (Å²) in [5, 5.41) is 9.36. The molecule has 0 aliphatic carbocycles. The van der Waals surface area contributed by atoms with Crippen molar-refractivity contribution in [3.05, 3.63) is 68.1 Å². The van der Waals surface area contributed by atoms with E-state index >= 15 is 0 Å². The zero-order chi connectivity index (χ0) is 22.5. The van der Waals surface area contributed by atoms with E-state index in [-0.39, 0.29) is 16.1 Å². The second-order valence-corrected chi connectivity index (χ2v) is 9.33. The van der Waals surface area contributed by atoms with Crippen LogP contribution in [0.5, 0.6) is 0 Å². The largest absolute Gasteiger partial charge is 0.478 e. The number of hydrogen-bond donors (Lipinski definition) is 1. The second-order valence-electron chi connectivity index (χ2n) is 8.92. The number of pyridine rings is 1. The minimum Gasteiger partial charge on any atom is -0.478 e. The maximum absolute atomic E-state index is 13.0. The Bertz CT molecular complexity index is 966. The topological polar surface area (TPSA) is 62.5 Å². The monoisotopic (exact) mass is 444 g/mol. The van der Waals surface area contributed by atoms with Crippen LogP contribution in [0, 0.1) is 5.92 Å². The summed E-state index contributed by atoms with van der Waals surface area (Å²) in [6, 6.07) is 9.25. The fraction of sp³-hybridized carbons (Fsp3) is 0.520. The van der Waals surface area contributed by atoms with Gasteiger partial charge in [0.25, 0.3) is 5.56 Å². The van der Waals surface area contributed by atoms with Crippen LogP contribution in [0.1, 0.15) is 67.2 Å². The van der Waals surface area contributed by atoms with Crippen LogP contribution in [-0.4, -0.2) is 33.1 Å². The summed E-state index contributed by atoms with van der Waals surface area (Å²) in [7, 11) is 0. The Balaban J connectivity index is 1.87. The van der Waals surface area contributed by atoms with Gasteiger partial charge in [-0.1, -0.05) is 44.5 Å². The van der Waals surface area contributed by atoms with E-state index in [1.54, 1.807) is 12.1 Å². The molecule has 1 fully saturated rings. The van der Waals surface area contributed by atoms with Gasteiger partial charge >= 0.3 is 5.97 Å². The van der Waals surface area contributed by atoms with Gasteiger partial charge in [-0.05, 0) is 73.9 Å². The van der Waals surface area contributed by atoms with Gasteiger partial charge in [0.2, 0.25) is 0 Å². The molecule has 168 valence electrons. The van der Waals surface area contributed by atoms with Crippen molar-refractivity contribution in [3.63, 3.8) is 0 Å². The summed E-state index contributed by atoms with van der Waals surface area (Å²) in [6.07, 6.45) is 5.06. The van der Waals surface area contributed by atoms with E-state index in [1.165, 1.54) is 19.3 Å². The highest BCUT2D eigenvalue weighted by molar-refractivity contribution is 6.30. The van der Waals surface area contributed by atoms with E-state index < -0.39 is 5.97 Å². The Kier molecular flexibility index (Phi) is 7.95. The van der Waals surface area contributed by atoms with Crippen LogP contribution < -0.4 is 5.56 Å². The van der Waals surface area contributed by atoms with Crippen molar-refractivity contribution >= 4 is 17.6 Å². The minimum atomic E-state index is -0.936. The summed E-state index contributed by atoms with van der Waals surface area (Å²) >= 11 is 6.31.